The number of nitrogens with zero attached hydrogens (tertiary/aromatic N) is 1. The topological polar surface area (TPSA) is 38.9 Å². The Balaban J connectivity index is 2.95. The normalized spacial score (nSPS) is 8.45. The average molecular weight is 167 g/mol. The second-order valence-corrected chi connectivity index (χ2v) is 2.14. The summed E-state index contributed by atoms with van der Waals surface area (Å²) in [6, 6.07) is 3.59. The van der Waals surface area contributed by atoms with Gasteiger partial charge in [0.05, 0.1) is 11.4 Å². The summed E-state index contributed by atoms with van der Waals surface area (Å²) in [5.41, 5.74) is 6.23. The summed E-state index contributed by atoms with van der Waals surface area (Å²) in [5, 5.41) is 0. The number of hydrogen-bond acceptors (Lipinski definition) is 2. The third-order valence-electron chi connectivity index (χ3n) is 1.13. The second kappa shape index (κ2) is 3.85. The third-order valence-corrected chi connectivity index (χ3v) is 1.26. The first-order chi connectivity index (χ1) is 5.34. The molecule has 0 amide bonds. The minimum Gasteiger partial charge on any atom is -0.383 e. The van der Waals surface area contributed by atoms with Gasteiger partial charge in [-0.1, -0.05) is 11.8 Å². The van der Waals surface area contributed by atoms with Gasteiger partial charge in [0.1, 0.15) is 5.82 Å². The lowest BCUT2D eigenvalue weighted by atomic mass is 10.2. The Morgan fingerprint density at radius 1 is 1.64 bits per heavy atom. The summed E-state index contributed by atoms with van der Waals surface area (Å²) >= 11 is 5.37. The lowest BCUT2D eigenvalue weighted by Crippen LogP contribution is -1.92. The number of nitrogen functional groups attached to an aromatic ring is 1. The average Bonchev–Trinajstić information content (AvgIpc) is 2.03. The lowest BCUT2D eigenvalue weighted by molar-refractivity contribution is 1.32. The second-order valence-electron chi connectivity index (χ2n) is 1.87. The fraction of sp³-hybridized carbons (Fsp3) is 0.125. The maximum absolute atomic E-state index is 5.50. The Bertz CT molecular complexity index is 298. The van der Waals surface area contributed by atoms with E-state index in [0.717, 1.165) is 5.56 Å². The van der Waals surface area contributed by atoms with Crippen LogP contribution in [-0.4, -0.2) is 10.9 Å². The first-order valence-electron chi connectivity index (χ1n) is 3.10. The zero-order valence-corrected chi connectivity index (χ0v) is 6.60. The molecule has 2 N–H and O–H groups in total. The fourth-order valence-corrected chi connectivity index (χ4v) is 0.719. The van der Waals surface area contributed by atoms with Crippen LogP contribution in [0.5, 0.6) is 0 Å². The molecule has 0 aliphatic heterocycles. The van der Waals surface area contributed by atoms with E-state index in [4.69, 9.17) is 17.3 Å². The highest BCUT2D eigenvalue weighted by atomic mass is 35.5. The number of alkyl halides is 1. The molecule has 3 heteroatoms. The van der Waals surface area contributed by atoms with Gasteiger partial charge in [0, 0.05) is 6.20 Å². The Hall–Kier alpha value is -1.20. The van der Waals surface area contributed by atoms with Gasteiger partial charge in [0.25, 0.3) is 0 Å². The van der Waals surface area contributed by atoms with Crippen LogP contribution in [-0.2, 0) is 0 Å². The van der Waals surface area contributed by atoms with Crippen LogP contribution in [0.25, 0.3) is 0 Å². The first-order valence-corrected chi connectivity index (χ1v) is 3.63. The summed E-state index contributed by atoms with van der Waals surface area (Å²) in [4.78, 5) is 3.86. The quantitative estimate of drug-likeness (QED) is 0.466. The van der Waals surface area contributed by atoms with E-state index in [9.17, 15) is 0 Å². The van der Waals surface area contributed by atoms with Crippen molar-refractivity contribution in [1.82, 2.24) is 4.98 Å². The summed E-state index contributed by atoms with van der Waals surface area (Å²) in [6.07, 6.45) is 1.63. The summed E-state index contributed by atoms with van der Waals surface area (Å²) in [5.74, 6) is 6.26. The van der Waals surface area contributed by atoms with Crippen molar-refractivity contribution >= 4 is 17.4 Å². The van der Waals surface area contributed by atoms with E-state index in [1.165, 1.54) is 0 Å². The number of halogens is 1. The van der Waals surface area contributed by atoms with E-state index in [2.05, 4.69) is 16.8 Å². The molecule has 56 valence electrons. The third kappa shape index (κ3) is 2.14. The van der Waals surface area contributed by atoms with Crippen LogP contribution in [0, 0.1) is 11.8 Å². The van der Waals surface area contributed by atoms with E-state index >= 15 is 0 Å². The number of nitrogens with two attached hydrogens (primary N) is 1. The number of hydrogen-bond donors (Lipinski definition) is 1. The molecule has 0 spiro atoms. The van der Waals surface area contributed by atoms with Gasteiger partial charge in [-0.2, -0.15) is 0 Å². The summed E-state index contributed by atoms with van der Waals surface area (Å²) in [6.45, 7) is 0. The highest BCUT2D eigenvalue weighted by Crippen LogP contribution is 2.03. The van der Waals surface area contributed by atoms with Gasteiger partial charge < -0.3 is 5.73 Å². The highest BCUT2D eigenvalue weighted by Gasteiger charge is 1.91. The molecule has 2 nitrogen and oxygen atoms in total. The highest BCUT2D eigenvalue weighted by molar-refractivity contribution is 6.19. The number of rotatable bonds is 0. The maximum Gasteiger partial charge on any atom is 0.139 e. The molecule has 0 atom stereocenters. The van der Waals surface area contributed by atoms with Gasteiger partial charge in [0.2, 0.25) is 0 Å². The van der Waals surface area contributed by atoms with Crippen LogP contribution in [0.15, 0.2) is 18.3 Å². The molecule has 0 radical (unpaired) electrons. The first kappa shape index (κ1) is 7.90. The van der Waals surface area contributed by atoms with E-state index < -0.39 is 0 Å². The molecule has 1 heterocycles. The van der Waals surface area contributed by atoms with E-state index in [-0.39, 0.29) is 0 Å². The minimum absolute atomic E-state index is 0.314. The van der Waals surface area contributed by atoms with Gasteiger partial charge in [-0.25, -0.2) is 4.98 Å². The van der Waals surface area contributed by atoms with Crippen molar-refractivity contribution in [2.75, 3.05) is 11.6 Å². The summed E-state index contributed by atoms with van der Waals surface area (Å²) < 4.78 is 0. The van der Waals surface area contributed by atoms with Crippen LogP contribution in [0.1, 0.15) is 5.56 Å². The van der Waals surface area contributed by atoms with Crippen LogP contribution in [0.2, 0.25) is 0 Å². The molecule has 0 unspecified atom stereocenters. The number of pyridine rings is 1. The largest absolute Gasteiger partial charge is 0.383 e. The zero-order chi connectivity index (χ0) is 8.10. The van der Waals surface area contributed by atoms with Crippen LogP contribution >= 0.6 is 11.6 Å². The molecule has 0 aromatic carbocycles. The fourth-order valence-electron chi connectivity index (χ4n) is 0.652. The molecule has 0 saturated carbocycles. The van der Waals surface area contributed by atoms with Crippen molar-refractivity contribution < 1.29 is 0 Å². The van der Waals surface area contributed by atoms with Gasteiger partial charge in [-0.15, -0.1) is 11.6 Å². The van der Waals surface area contributed by atoms with E-state index in [0.29, 0.717) is 11.7 Å². The van der Waals surface area contributed by atoms with E-state index in [1.54, 1.807) is 12.3 Å². The number of anilines is 1. The Kier molecular flexibility index (Phi) is 2.76. The molecule has 0 fully saturated rings. The Morgan fingerprint density at radius 2 is 2.45 bits per heavy atom. The summed E-state index contributed by atoms with van der Waals surface area (Å²) in [7, 11) is 0. The lowest BCUT2D eigenvalue weighted by Gasteiger charge is -1.92. The van der Waals surface area contributed by atoms with Gasteiger partial charge >= 0.3 is 0 Å². The minimum atomic E-state index is 0.314. The van der Waals surface area contributed by atoms with Crippen molar-refractivity contribution in [2.24, 2.45) is 0 Å². The molecule has 1 rings (SSSR count). The van der Waals surface area contributed by atoms with Crippen LogP contribution in [0.3, 0.4) is 0 Å². The van der Waals surface area contributed by atoms with Gasteiger partial charge in [-0.3, -0.25) is 0 Å². The monoisotopic (exact) mass is 166 g/mol. The van der Waals surface area contributed by atoms with Crippen molar-refractivity contribution in [2.45, 2.75) is 0 Å². The van der Waals surface area contributed by atoms with Gasteiger partial charge in [0.15, 0.2) is 0 Å². The molecular weight excluding hydrogens is 160 g/mol. The smallest absolute Gasteiger partial charge is 0.139 e. The number of aromatic nitrogens is 1. The standard InChI is InChI=1S/C8H7ClN2/c9-5-1-3-7-4-2-6-11-8(7)10/h2,4,6H,5H2,(H2,10,11). The van der Waals surface area contributed by atoms with Crippen molar-refractivity contribution in [3.05, 3.63) is 23.9 Å². The van der Waals surface area contributed by atoms with Gasteiger partial charge in [-0.05, 0) is 12.1 Å². The van der Waals surface area contributed by atoms with Crippen LogP contribution < -0.4 is 5.73 Å². The molecule has 11 heavy (non-hydrogen) atoms. The van der Waals surface area contributed by atoms with Crippen LogP contribution in [0.4, 0.5) is 5.82 Å². The Labute approximate surface area is 70.4 Å². The van der Waals surface area contributed by atoms with Crippen molar-refractivity contribution in [3.8, 4) is 11.8 Å². The van der Waals surface area contributed by atoms with Crippen molar-refractivity contribution in [1.29, 1.82) is 0 Å². The van der Waals surface area contributed by atoms with E-state index in [1.807, 2.05) is 6.07 Å². The van der Waals surface area contributed by atoms with Crippen molar-refractivity contribution in [3.63, 3.8) is 0 Å². The molecule has 0 aliphatic rings. The molecule has 1 aromatic rings. The predicted molar refractivity (Wildman–Crippen MR) is 46.2 cm³/mol. The maximum atomic E-state index is 5.50. The Morgan fingerprint density at radius 3 is 3.09 bits per heavy atom. The zero-order valence-electron chi connectivity index (χ0n) is 5.84. The molecule has 0 aliphatic carbocycles. The molecule has 0 bridgehead atoms. The SMILES string of the molecule is Nc1ncccc1C#CCCl. The predicted octanol–water partition coefficient (Wildman–Crippen LogP) is 1.25. The molecule has 0 saturated heterocycles. The molecular formula is C8H7ClN2. The molecule has 1 aromatic heterocycles.